The van der Waals surface area contributed by atoms with E-state index in [1.165, 1.54) is 11.3 Å². The summed E-state index contributed by atoms with van der Waals surface area (Å²) in [6, 6.07) is 1.84. The summed E-state index contributed by atoms with van der Waals surface area (Å²) in [5, 5.41) is 13.1. The van der Waals surface area contributed by atoms with Crippen molar-refractivity contribution in [3.05, 3.63) is 26.1 Å². The molecule has 2 rings (SSSR count). The summed E-state index contributed by atoms with van der Waals surface area (Å²) in [5.41, 5.74) is 0.880. The van der Waals surface area contributed by atoms with Crippen LogP contribution < -0.4 is 0 Å². The van der Waals surface area contributed by atoms with Crippen LogP contribution in [0, 0.1) is 0 Å². The van der Waals surface area contributed by atoms with Crippen molar-refractivity contribution in [3.8, 4) is 10.6 Å². The second-order valence-electron chi connectivity index (χ2n) is 3.03. The number of hydrogen-bond donors (Lipinski definition) is 1. The normalized spacial score (nSPS) is 10.7. The van der Waals surface area contributed by atoms with Gasteiger partial charge in [0.15, 0.2) is 0 Å². The summed E-state index contributed by atoms with van der Waals surface area (Å²) in [5.74, 6) is -0.939. The van der Waals surface area contributed by atoms with Crippen molar-refractivity contribution in [3.63, 3.8) is 0 Å². The molecule has 0 amide bonds. The van der Waals surface area contributed by atoms with Crippen LogP contribution in [0.1, 0.15) is 9.67 Å². The van der Waals surface area contributed by atoms with Gasteiger partial charge in [-0.3, -0.25) is 4.68 Å². The maximum Gasteiger partial charge on any atom is 0.347 e. The largest absolute Gasteiger partial charge is 0.477 e. The molecular weight excluding hydrogens is 360 g/mol. The molecule has 0 aromatic carbocycles. The van der Waals surface area contributed by atoms with Gasteiger partial charge in [-0.05, 0) is 37.9 Å². The molecule has 7 heteroatoms. The van der Waals surface area contributed by atoms with Crippen LogP contribution in [0.5, 0.6) is 0 Å². The molecule has 0 fully saturated rings. The molecule has 0 saturated heterocycles. The van der Waals surface area contributed by atoms with E-state index < -0.39 is 5.97 Å². The van der Waals surface area contributed by atoms with Gasteiger partial charge in [0.2, 0.25) is 0 Å². The van der Waals surface area contributed by atoms with Gasteiger partial charge < -0.3 is 5.11 Å². The summed E-state index contributed by atoms with van der Waals surface area (Å²) < 4.78 is 3.02. The predicted octanol–water partition coefficient (Wildman–Crippen LogP) is 3.37. The Morgan fingerprint density at radius 1 is 1.50 bits per heavy atom. The average Bonchev–Trinajstić information content (AvgIpc) is 2.74. The fourth-order valence-corrected chi connectivity index (χ4v) is 3.79. The number of hydrogen-bond acceptors (Lipinski definition) is 3. The smallest absolute Gasteiger partial charge is 0.347 e. The fraction of sp³-hybridized carbons (Fsp3) is 0.111. The van der Waals surface area contributed by atoms with Gasteiger partial charge in [-0.2, -0.15) is 5.10 Å². The van der Waals surface area contributed by atoms with Crippen molar-refractivity contribution in [1.29, 1.82) is 0 Å². The number of thiophene rings is 1. The third-order valence-corrected chi connectivity index (χ3v) is 5.89. The zero-order chi connectivity index (χ0) is 11.9. The zero-order valence-electron chi connectivity index (χ0n) is 8.07. The van der Waals surface area contributed by atoms with Gasteiger partial charge in [0, 0.05) is 13.2 Å². The minimum absolute atomic E-state index is 0.281. The van der Waals surface area contributed by atoms with Crippen LogP contribution in [0.3, 0.4) is 0 Å². The lowest BCUT2D eigenvalue weighted by molar-refractivity contribution is 0.0701. The van der Waals surface area contributed by atoms with Gasteiger partial charge in [-0.25, -0.2) is 4.79 Å². The van der Waals surface area contributed by atoms with Crippen LogP contribution in [-0.2, 0) is 7.05 Å². The lowest BCUT2D eigenvalue weighted by atomic mass is 10.3. The number of nitrogens with zero attached hydrogens (tertiary/aromatic N) is 2. The molecule has 2 heterocycles. The van der Waals surface area contributed by atoms with Gasteiger partial charge in [0.25, 0.3) is 0 Å². The standard InChI is InChI=1S/C9H6Br2N2O2S/c1-13-4(2-3-12-13)7-5(10)6(11)8(16-7)9(14)15/h2-3H,1H3,(H,14,15). The lowest BCUT2D eigenvalue weighted by Gasteiger charge is -1.98. The quantitative estimate of drug-likeness (QED) is 0.887. The Labute approximate surface area is 112 Å². The van der Waals surface area contributed by atoms with E-state index in [0.29, 0.717) is 4.47 Å². The highest BCUT2D eigenvalue weighted by molar-refractivity contribution is 9.13. The molecule has 0 saturated carbocycles. The van der Waals surface area contributed by atoms with E-state index in [2.05, 4.69) is 37.0 Å². The second-order valence-corrected chi connectivity index (χ2v) is 5.64. The number of aromatic nitrogens is 2. The number of carboxylic acids is 1. The van der Waals surface area contributed by atoms with Crippen molar-refractivity contribution < 1.29 is 9.90 Å². The molecule has 2 aromatic rings. The molecule has 0 spiro atoms. The summed E-state index contributed by atoms with van der Waals surface area (Å²) in [6.07, 6.45) is 1.68. The number of aryl methyl sites for hydroxylation is 1. The molecule has 2 aromatic heterocycles. The van der Waals surface area contributed by atoms with Crippen LogP contribution in [0.15, 0.2) is 21.2 Å². The van der Waals surface area contributed by atoms with Crippen LogP contribution in [-0.4, -0.2) is 20.9 Å². The maximum atomic E-state index is 11.0. The van der Waals surface area contributed by atoms with E-state index in [-0.39, 0.29) is 4.88 Å². The Bertz CT molecular complexity index is 562. The minimum atomic E-state index is -0.939. The highest BCUT2D eigenvalue weighted by Crippen LogP contribution is 2.43. The lowest BCUT2D eigenvalue weighted by Crippen LogP contribution is -1.92. The Hall–Kier alpha value is -0.660. The van der Waals surface area contributed by atoms with E-state index in [1.807, 2.05) is 13.1 Å². The monoisotopic (exact) mass is 364 g/mol. The van der Waals surface area contributed by atoms with Crippen LogP contribution in [0.4, 0.5) is 0 Å². The molecule has 0 unspecified atom stereocenters. The molecule has 4 nitrogen and oxygen atoms in total. The van der Waals surface area contributed by atoms with E-state index >= 15 is 0 Å². The molecule has 0 aliphatic rings. The van der Waals surface area contributed by atoms with Crippen molar-refractivity contribution >= 4 is 49.2 Å². The first-order valence-corrected chi connectivity index (χ1v) is 6.62. The van der Waals surface area contributed by atoms with E-state index in [0.717, 1.165) is 15.0 Å². The van der Waals surface area contributed by atoms with Gasteiger partial charge in [0.1, 0.15) is 4.88 Å². The zero-order valence-corrected chi connectivity index (χ0v) is 12.1. The Morgan fingerprint density at radius 3 is 2.62 bits per heavy atom. The third kappa shape index (κ3) is 1.83. The highest BCUT2D eigenvalue weighted by atomic mass is 79.9. The second kappa shape index (κ2) is 4.31. The molecule has 0 atom stereocenters. The summed E-state index contributed by atoms with van der Waals surface area (Å²) in [4.78, 5) is 12.1. The van der Waals surface area contributed by atoms with E-state index in [1.54, 1.807) is 10.9 Å². The number of halogens is 2. The number of rotatable bonds is 2. The molecular formula is C9H6Br2N2O2S. The summed E-state index contributed by atoms with van der Waals surface area (Å²) >= 11 is 7.86. The third-order valence-electron chi connectivity index (χ3n) is 2.04. The highest BCUT2D eigenvalue weighted by Gasteiger charge is 2.21. The molecule has 0 aliphatic carbocycles. The van der Waals surface area contributed by atoms with Crippen molar-refractivity contribution in [2.75, 3.05) is 0 Å². The van der Waals surface area contributed by atoms with Gasteiger partial charge in [-0.1, -0.05) is 0 Å². The topological polar surface area (TPSA) is 55.1 Å². The maximum absolute atomic E-state index is 11.0. The average molecular weight is 366 g/mol. The van der Waals surface area contributed by atoms with E-state index in [9.17, 15) is 4.79 Å². The van der Waals surface area contributed by atoms with Crippen molar-refractivity contribution in [2.45, 2.75) is 0 Å². The Kier molecular flexibility index (Phi) is 3.18. The molecule has 1 N–H and O–H groups in total. The van der Waals surface area contributed by atoms with Crippen molar-refractivity contribution in [1.82, 2.24) is 9.78 Å². The number of aromatic carboxylic acids is 1. The Balaban J connectivity index is 2.64. The summed E-state index contributed by atoms with van der Waals surface area (Å²) in [7, 11) is 1.82. The summed E-state index contributed by atoms with van der Waals surface area (Å²) in [6.45, 7) is 0. The Morgan fingerprint density at radius 2 is 2.19 bits per heavy atom. The van der Waals surface area contributed by atoms with E-state index in [4.69, 9.17) is 5.11 Å². The molecule has 16 heavy (non-hydrogen) atoms. The predicted molar refractivity (Wildman–Crippen MR) is 68.9 cm³/mol. The SMILES string of the molecule is Cn1nccc1-c1sc(C(=O)O)c(Br)c1Br. The molecule has 84 valence electrons. The number of carboxylic acid groups (broad SMARTS) is 1. The minimum Gasteiger partial charge on any atom is -0.477 e. The van der Waals surface area contributed by atoms with Gasteiger partial charge in [0.05, 0.1) is 19.5 Å². The first kappa shape index (κ1) is 11.8. The van der Waals surface area contributed by atoms with Gasteiger partial charge >= 0.3 is 5.97 Å². The fourth-order valence-electron chi connectivity index (χ4n) is 1.29. The van der Waals surface area contributed by atoms with Crippen molar-refractivity contribution in [2.24, 2.45) is 7.05 Å². The van der Waals surface area contributed by atoms with Gasteiger partial charge in [-0.15, -0.1) is 11.3 Å². The number of carbonyl (C=O) groups is 1. The van der Waals surface area contributed by atoms with Crippen LogP contribution in [0.2, 0.25) is 0 Å². The molecule has 0 radical (unpaired) electrons. The molecule has 0 aliphatic heterocycles. The molecule has 0 bridgehead atoms. The van der Waals surface area contributed by atoms with Crippen LogP contribution in [0.25, 0.3) is 10.6 Å². The first-order chi connectivity index (χ1) is 7.52. The van der Waals surface area contributed by atoms with Crippen LogP contribution >= 0.6 is 43.2 Å². The first-order valence-electron chi connectivity index (χ1n) is 4.21.